The van der Waals surface area contributed by atoms with Gasteiger partial charge in [0.25, 0.3) is 0 Å². The molecule has 0 radical (unpaired) electrons. The molecule has 0 saturated heterocycles. The molecule has 0 aliphatic heterocycles. The van der Waals surface area contributed by atoms with Gasteiger partial charge >= 0.3 is 11.9 Å². The summed E-state index contributed by atoms with van der Waals surface area (Å²) in [7, 11) is 0. The van der Waals surface area contributed by atoms with Crippen LogP contribution in [0.4, 0.5) is 68.2 Å². The third kappa shape index (κ3) is 13.1. The Bertz CT molecular complexity index is 4000. The van der Waals surface area contributed by atoms with Crippen molar-refractivity contribution in [3.05, 3.63) is 352 Å². The van der Waals surface area contributed by atoms with Crippen LogP contribution >= 0.6 is 0 Å². The summed E-state index contributed by atoms with van der Waals surface area (Å²) >= 11 is 0. The van der Waals surface area contributed by atoms with E-state index in [0.717, 1.165) is 109 Å². The third-order valence-corrected chi connectivity index (χ3v) is 14.9. The van der Waals surface area contributed by atoms with Gasteiger partial charge in [0.05, 0.1) is 0 Å². The second-order valence-corrected chi connectivity index (χ2v) is 20.6. The predicted octanol–water partition coefficient (Wildman–Crippen LogP) is 20.7. The van der Waals surface area contributed by atoms with Crippen molar-refractivity contribution in [2.75, 3.05) is 19.6 Å². The highest BCUT2D eigenvalue weighted by atomic mass is 16.5. The first-order chi connectivity index (χ1) is 42.8. The van der Waals surface area contributed by atoms with Crippen molar-refractivity contribution in [1.82, 2.24) is 0 Å². The quantitative estimate of drug-likeness (QED) is 0.0425. The molecule has 0 aliphatic rings. The minimum absolute atomic E-state index is 0.441. The number of benzene rings is 12. The maximum Gasteiger partial charge on any atom is 0.335 e. The lowest BCUT2D eigenvalue weighted by Crippen LogP contribution is -2.10. The molecule has 0 heterocycles. The van der Waals surface area contributed by atoms with Gasteiger partial charge in [-0.1, -0.05) is 171 Å². The summed E-state index contributed by atoms with van der Waals surface area (Å²) in [6.45, 7) is 7.08. The SMILES string of the molecule is C=CC(=O)Oc1cccc(N(c2ccccc2)c2ccc(-c3ccc(N(c4ccccc4)c4ccc(Cc5ccc(N(c6ccccc6)c6ccc(-c7ccc(N(c8ccccc8)c8cccc(OC(=O)C=C)c8)cc7)cc6)cc5)cc4)cc3)cc2)c1. The molecule has 0 unspecified atom stereocenters. The molecule has 8 heteroatoms. The van der Waals surface area contributed by atoms with Crippen molar-refractivity contribution in [2.45, 2.75) is 6.42 Å². The van der Waals surface area contributed by atoms with Crippen molar-refractivity contribution in [2.24, 2.45) is 0 Å². The van der Waals surface area contributed by atoms with Gasteiger partial charge in [-0.05, 0) is 185 Å². The van der Waals surface area contributed by atoms with Gasteiger partial charge < -0.3 is 29.1 Å². The smallest absolute Gasteiger partial charge is 0.335 e. The van der Waals surface area contributed by atoms with Crippen LogP contribution in [0.2, 0.25) is 0 Å². The lowest BCUT2D eigenvalue weighted by molar-refractivity contribution is -0.129. The van der Waals surface area contributed by atoms with E-state index in [0.29, 0.717) is 11.5 Å². The Morgan fingerprint density at radius 3 is 0.736 bits per heavy atom. The zero-order valence-corrected chi connectivity index (χ0v) is 47.7. The second kappa shape index (κ2) is 26.2. The number of nitrogens with zero attached hydrogens (tertiary/aromatic N) is 4. The van der Waals surface area contributed by atoms with Crippen molar-refractivity contribution >= 4 is 80.2 Å². The second-order valence-electron chi connectivity index (χ2n) is 20.6. The minimum Gasteiger partial charge on any atom is -0.423 e. The molecule has 0 aromatic heterocycles. The Hall–Kier alpha value is -11.7. The standard InChI is InChI=1S/C79H60N4O4/c1-3-78(84)86-76-29-17-27-74(56-76)82(66-23-13-7-14-24-66)72-51-39-62(40-52-72)60-35-47-70(48-36-60)80(64-19-9-5-10-20-64)68-43-31-58(32-44-68)55-59-33-45-69(46-34-59)81(65-21-11-6-12-22-65)71-49-37-61(38-50-71)63-41-53-73(54-42-63)83(67-25-15-8-16-26-67)75-28-18-30-77(57-75)87-79(85)4-2/h3-54,56-57H,1-2,55H2. The number of anilines is 12. The molecule has 0 amide bonds. The molecule has 12 rings (SSSR count). The van der Waals surface area contributed by atoms with Crippen LogP contribution in [0.3, 0.4) is 0 Å². The van der Waals surface area contributed by atoms with Gasteiger partial charge in [0.1, 0.15) is 11.5 Å². The van der Waals surface area contributed by atoms with E-state index in [4.69, 9.17) is 9.47 Å². The van der Waals surface area contributed by atoms with Gasteiger partial charge in [-0.25, -0.2) is 9.59 Å². The molecular formula is C79H60N4O4. The number of para-hydroxylation sites is 4. The van der Waals surface area contributed by atoms with E-state index in [1.54, 1.807) is 12.1 Å². The molecule has 420 valence electrons. The maximum absolute atomic E-state index is 12.1. The first-order valence-corrected chi connectivity index (χ1v) is 28.7. The molecular weight excluding hydrogens is 1070 g/mol. The molecule has 87 heavy (non-hydrogen) atoms. The minimum atomic E-state index is -0.506. The number of hydrogen-bond donors (Lipinski definition) is 0. The first kappa shape index (κ1) is 55.8. The fourth-order valence-electron chi connectivity index (χ4n) is 10.8. The number of rotatable bonds is 20. The zero-order valence-electron chi connectivity index (χ0n) is 47.7. The molecule has 0 bridgehead atoms. The van der Waals surface area contributed by atoms with E-state index < -0.39 is 11.9 Å². The number of esters is 2. The normalized spacial score (nSPS) is 10.8. The summed E-state index contributed by atoms with van der Waals surface area (Å²) < 4.78 is 11.0. The third-order valence-electron chi connectivity index (χ3n) is 14.9. The predicted molar refractivity (Wildman–Crippen MR) is 357 cm³/mol. The van der Waals surface area contributed by atoms with Crippen LogP contribution in [-0.2, 0) is 16.0 Å². The van der Waals surface area contributed by atoms with Gasteiger partial charge in [-0.15, -0.1) is 0 Å². The van der Waals surface area contributed by atoms with Gasteiger partial charge in [-0.2, -0.15) is 0 Å². The van der Waals surface area contributed by atoms with Crippen LogP contribution in [0.1, 0.15) is 11.1 Å². The highest BCUT2D eigenvalue weighted by Gasteiger charge is 2.19. The molecule has 0 fully saturated rings. The van der Waals surface area contributed by atoms with Gasteiger partial charge in [-0.3, -0.25) is 0 Å². The Balaban J connectivity index is 0.742. The largest absolute Gasteiger partial charge is 0.423 e. The molecule has 8 nitrogen and oxygen atoms in total. The average Bonchev–Trinajstić information content (AvgIpc) is 3.37. The summed E-state index contributed by atoms with van der Waals surface area (Å²) in [5.41, 5.74) is 18.7. The fraction of sp³-hybridized carbons (Fsp3) is 0.0127. The van der Waals surface area contributed by atoms with E-state index in [-0.39, 0.29) is 0 Å². The Morgan fingerprint density at radius 1 is 0.264 bits per heavy atom. The highest BCUT2D eigenvalue weighted by molar-refractivity contribution is 5.87. The number of carbonyl (C=O) groups excluding carboxylic acids is 2. The van der Waals surface area contributed by atoms with Crippen LogP contribution in [0, 0.1) is 0 Å². The van der Waals surface area contributed by atoms with Crippen LogP contribution in [0.15, 0.2) is 341 Å². The molecule has 12 aromatic carbocycles. The van der Waals surface area contributed by atoms with Crippen LogP contribution in [0.25, 0.3) is 22.3 Å². The van der Waals surface area contributed by atoms with E-state index in [9.17, 15) is 9.59 Å². The lowest BCUT2D eigenvalue weighted by atomic mass is 10.0. The topological polar surface area (TPSA) is 65.6 Å². The number of ether oxygens (including phenoxy) is 2. The van der Waals surface area contributed by atoms with Crippen molar-refractivity contribution < 1.29 is 19.1 Å². The van der Waals surface area contributed by atoms with E-state index in [1.807, 2.05) is 84.9 Å². The molecule has 0 saturated carbocycles. The summed E-state index contributed by atoms with van der Waals surface area (Å²) in [5.74, 6) is -0.131. The van der Waals surface area contributed by atoms with Crippen molar-refractivity contribution in [3.63, 3.8) is 0 Å². The van der Waals surface area contributed by atoms with Crippen LogP contribution in [0.5, 0.6) is 11.5 Å². The first-order valence-electron chi connectivity index (χ1n) is 28.7. The van der Waals surface area contributed by atoms with Gasteiger partial charge in [0.15, 0.2) is 0 Å². The fourth-order valence-corrected chi connectivity index (χ4v) is 10.8. The van der Waals surface area contributed by atoms with Gasteiger partial charge in [0, 0.05) is 92.5 Å². The van der Waals surface area contributed by atoms with Gasteiger partial charge in [0.2, 0.25) is 0 Å². The lowest BCUT2D eigenvalue weighted by Gasteiger charge is -2.26. The number of carbonyl (C=O) groups is 2. The van der Waals surface area contributed by atoms with Crippen LogP contribution in [-0.4, -0.2) is 11.9 Å². The summed E-state index contributed by atoms with van der Waals surface area (Å²) in [6.07, 6.45) is 3.10. The summed E-state index contributed by atoms with van der Waals surface area (Å²) in [5, 5.41) is 0. The molecule has 0 atom stereocenters. The number of hydrogen-bond acceptors (Lipinski definition) is 8. The van der Waals surface area contributed by atoms with E-state index in [2.05, 4.69) is 251 Å². The monoisotopic (exact) mass is 1130 g/mol. The van der Waals surface area contributed by atoms with Crippen LogP contribution < -0.4 is 29.1 Å². The van der Waals surface area contributed by atoms with Crippen molar-refractivity contribution in [3.8, 4) is 33.8 Å². The summed E-state index contributed by atoms with van der Waals surface area (Å²) in [4.78, 5) is 33.0. The van der Waals surface area contributed by atoms with E-state index in [1.165, 1.54) is 11.1 Å². The Labute approximate surface area is 508 Å². The molecule has 0 spiro atoms. The average molecular weight is 1130 g/mol. The maximum atomic E-state index is 12.1. The highest BCUT2D eigenvalue weighted by Crippen LogP contribution is 2.42. The Kier molecular flexibility index (Phi) is 16.8. The molecule has 12 aromatic rings. The summed E-state index contributed by atoms with van der Waals surface area (Å²) in [6, 6.07) is 108. The molecule has 0 N–H and O–H groups in total. The molecule has 0 aliphatic carbocycles. The van der Waals surface area contributed by atoms with E-state index >= 15 is 0 Å². The zero-order chi connectivity index (χ0) is 59.3. The van der Waals surface area contributed by atoms with Crippen molar-refractivity contribution in [1.29, 1.82) is 0 Å². The Morgan fingerprint density at radius 2 is 0.483 bits per heavy atom.